The molecule has 1 heterocycles. The van der Waals surface area contributed by atoms with Crippen LogP contribution in [0.2, 0.25) is 0 Å². The zero-order valence-electron chi connectivity index (χ0n) is 11.4. The van der Waals surface area contributed by atoms with Crippen LogP contribution in [0.4, 0.5) is 14.5 Å². The highest BCUT2D eigenvalue weighted by Gasteiger charge is 2.26. The molecule has 2 rings (SSSR count). The number of anilines is 1. The number of nitrogens with two attached hydrogens (primary N) is 1. The van der Waals surface area contributed by atoms with E-state index in [1.54, 1.807) is 19.1 Å². The molecule has 0 unspecified atom stereocenters. The first-order chi connectivity index (χ1) is 9.71. The number of sulfonamides is 1. The van der Waals surface area contributed by atoms with Crippen LogP contribution in [-0.4, -0.2) is 19.8 Å². The summed E-state index contributed by atoms with van der Waals surface area (Å²) in [6, 6.07) is 4.53. The van der Waals surface area contributed by atoms with Crippen LogP contribution in [0.25, 0.3) is 0 Å². The van der Waals surface area contributed by atoms with Crippen molar-refractivity contribution in [3.63, 3.8) is 0 Å². The van der Waals surface area contributed by atoms with Gasteiger partial charge in [0.05, 0.1) is 12.2 Å². The summed E-state index contributed by atoms with van der Waals surface area (Å²) >= 11 is 0. The summed E-state index contributed by atoms with van der Waals surface area (Å²) in [7, 11) is -2.88. The summed E-state index contributed by atoms with van der Waals surface area (Å²) in [6.07, 6.45) is 0. The first-order valence-electron chi connectivity index (χ1n) is 5.98. The van der Waals surface area contributed by atoms with Crippen LogP contribution in [0.15, 0.2) is 33.6 Å². The molecule has 0 aliphatic carbocycles. The van der Waals surface area contributed by atoms with Crippen molar-refractivity contribution in [2.45, 2.75) is 18.4 Å². The van der Waals surface area contributed by atoms with Crippen molar-refractivity contribution in [3.05, 3.63) is 47.4 Å². The van der Waals surface area contributed by atoms with E-state index in [9.17, 15) is 17.2 Å². The molecule has 0 fully saturated rings. The molecular weight excluding hydrogens is 302 g/mol. The average Bonchev–Trinajstić information content (AvgIpc) is 2.79. The topological polar surface area (TPSA) is 76.5 Å². The number of nitrogens with zero attached hydrogens (tertiary/aromatic N) is 1. The Morgan fingerprint density at radius 1 is 1.24 bits per heavy atom. The lowest BCUT2D eigenvalue weighted by molar-refractivity contribution is 0.395. The number of hydrogen-bond acceptors (Lipinski definition) is 4. The zero-order chi connectivity index (χ0) is 15.8. The number of halogens is 2. The lowest BCUT2D eigenvalue weighted by atomic mass is 10.3. The monoisotopic (exact) mass is 316 g/mol. The molecule has 0 spiro atoms. The third kappa shape index (κ3) is 3.06. The number of rotatable bonds is 4. The average molecular weight is 316 g/mol. The third-order valence-corrected chi connectivity index (χ3v) is 4.73. The summed E-state index contributed by atoms with van der Waals surface area (Å²) in [5.74, 6) is -1.15. The Labute approximate surface area is 121 Å². The first-order valence-corrected chi connectivity index (χ1v) is 7.42. The molecule has 0 aliphatic rings. The highest BCUT2D eigenvalue weighted by atomic mass is 32.2. The molecule has 2 aromatic rings. The van der Waals surface area contributed by atoms with E-state index in [0.29, 0.717) is 17.6 Å². The van der Waals surface area contributed by atoms with E-state index in [-0.39, 0.29) is 6.54 Å². The molecule has 8 heteroatoms. The first kappa shape index (κ1) is 15.5. The second-order valence-electron chi connectivity index (χ2n) is 4.58. The Kier molecular flexibility index (Phi) is 4.02. The zero-order valence-corrected chi connectivity index (χ0v) is 12.2. The van der Waals surface area contributed by atoms with Crippen molar-refractivity contribution in [1.29, 1.82) is 0 Å². The predicted molar refractivity (Wildman–Crippen MR) is 72.9 cm³/mol. The summed E-state index contributed by atoms with van der Waals surface area (Å²) < 4.78 is 57.6. The molecule has 0 saturated carbocycles. The Morgan fingerprint density at radius 2 is 1.90 bits per heavy atom. The summed E-state index contributed by atoms with van der Waals surface area (Å²) in [5, 5.41) is 0. The van der Waals surface area contributed by atoms with Gasteiger partial charge in [0.15, 0.2) is 0 Å². The van der Waals surface area contributed by atoms with Crippen molar-refractivity contribution < 1.29 is 21.6 Å². The molecule has 2 N–H and O–H groups in total. The molecule has 114 valence electrons. The smallest absolute Gasteiger partial charge is 0.246 e. The molecule has 0 bridgehead atoms. The molecule has 0 atom stereocenters. The molecule has 0 aliphatic heterocycles. The highest BCUT2D eigenvalue weighted by Crippen LogP contribution is 2.24. The largest absolute Gasteiger partial charge is 0.465 e. The Bertz CT molecular complexity index is 772. The second kappa shape index (κ2) is 5.45. The van der Waals surface area contributed by atoms with Crippen LogP contribution in [0.1, 0.15) is 11.5 Å². The number of benzene rings is 1. The van der Waals surface area contributed by atoms with Crippen LogP contribution in [0.3, 0.4) is 0 Å². The van der Waals surface area contributed by atoms with Crippen LogP contribution >= 0.6 is 0 Å². The van der Waals surface area contributed by atoms with Gasteiger partial charge in [0.25, 0.3) is 0 Å². The van der Waals surface area contributed by atoms with E-state index in [4.69, 9.17) is 10.2 Å². The van der Waals surface area contributed by atoms with Gasteiger partial charge >= 0.3 is 0 Å². The molecule has 0 saturated heterocycles. The van der Waals surface area contributed by atoms with Crippen molar-refractivity contribution in [2.24, 2.45) is 0 Å². The highest BCUT2D eigenvalue weighted by molar-refractivity contribution is 7.89. The Hall–Kier alpha value is -1.93. The number of hydrogen-bond donors (Lipinski definition) is 1. The number of aryl methyl sites for hydroxylation is 1. The predicted octanol–water partition coefficient (Wildman–Crippen LogP) is 2.27. The van der Waals surface area contributed by atoms with Crippen molar-refractivity contribution >= 4 is 15.7 Å². The van der Waals surface area contributed by atoms with Gasteiger partial charge in [0, 0.05) is 13.1 Å². The summed E-state index contributed by atoms with van der Waals surface area (Å²) in [4.78, 5) is -0.674. The lowest BCUT2D eigenvalue weighted by Crippen LogP contribution is -2.27. The van der Waals surface area contributed by atoms with E-state index >= 15 is 0 Å². The molecule has 1 aromatic carbocycles. The van der Waals surface area contributed by atoms with Crippen molar-refractivity contribution in [2.75, 3.05) is 12.8 Å². The Balaban J connectivity index is 2.35. The van der Waals surface area contributed by atoms with Gasteiger partial charge in [-0.2, -0.15) is 4.31 Å². The molecule has 21 heavy (non-hydrogen) atoms. The van der Waals surface area contributed by atoms with Gasteiger partial charge < -0.3 is 10.2 Å². The van der Waals surface area contributed by atoms with Crippen LogP contribution < -0.4 is 5.73 Å². The van der Waals surface area contributed by atoms with Gasteiger partial charge in [-0.05, 0) is 25.1 Å². The SMILES string of the molecule is Cc1ccc(CN(C)S(=O)(=O)c2cc(N)c(F)cc2F)o1. The quantitative estimate of drug-likeness (QED) is 0.878. The van der Waals surface area contributed by atoms with Gasteiger partial charge in [0.2, 0.25) is 10.0 Å². The third-order valence-electron chi connectivity index (χ3n) is 2.91. The van der Waals surface area contributed by atoms with Crippen LogP contribution in [0, 0.1) is 18.6 Å². The molecular formula is C13H14F2N2O3S. The van der Waals surface area contributed by atoms with E-state index in [1.807, 2.05) is 0 Å². The van der Waals surface area contributed by atoms with E-state index in [0.717, 1.165) is 10.4 Å². The van der Waals surface area contributed by atoms with Crippen LogP contribution in [-0.2, 0) is 16.6 Å². The van der Waals surface area contributed by atoms with Gasteiger partial charge in [0.1, 0.15) is 28.1 Å². The van der Waals surface area contributed by atoms with Crippen molar-refractivity contribution in [1.82, 2.24) is 4.31 Å². The standard InChI is InChI=1S/C13H14F2N2O3S/c1-8-3-4-9(20-8)7-17(2)21(18,19)13-6-12(16)10(14)5-11(13)15/h3-6H,7,16H2,1-2H3. The van der Waals surface area contributed by atoms with Crippen molar-refractivity contribution in [3.8, 4) is 0 Å². The fraction of sp³-hybridized carbons (Fsp3) is 0.231. The number of nitrogen functional groups attached to an aromatic ring is 1. The minimum Gasteiger partial charge on any atom is -0.465 e. The molecule has 5 nitrogen and oxygen atoms in total. The summed E-state index contributed by atoms with van der Waals surface area (Å²) in [5.41, 5.74) is 4.87. The van der Waals surface area contributed by atoms with Gasteiger partial charge in [-0.15, -0.1) is 0 Å². The van der Waals surface area contributed by atoms with Gasteiger partial charge in [-0.1, -0.05) is 0 Å². The Morgan fingerprint density at radius 3 is 2.48 bits per heavy atom. The molecule has 1 aromatic heterocycles. The van der Waals surface area contributed by atoms with Crippen LogP contribution in [0.5, 0.6) is 0 Å². The maximum atomic E-state index is 13.7. The number of furan rings is 1. The minimum absolute atomic E-state index is 0.0765. The molecule has 0 amide bonds. The minimum atomic E-state index is -4.15. The van der Waals surface area contributed by atoms with Gasteiger partial charge in [-0.25, -0.2) is 17.2 Å². The summed E-state index contributed by atoms with van der Waals surface area (Å²) in [6.45, 7) is 1.64. The normalized spacial score (nSPS) is 12.0. The van der Waals surface area contributed by atoms with E-state index in [1.165, 1.54) is 7.05 Å². The molecule has 0 radical (unpaired) electrons. The fourth-order valence-corrected chi connectivity index (χ4v) is 3.00. The lowest BCUT2D eigenvalue weighted by Gasteiger charge is -2.16. The van der Waals surface area contributed by atoms with Gasteiger partial charge in [-0.3, -0.25) is 0 Å². The maximum Gasteiger partial charge on any atom is 0.246 e. The van der Waals surface area contributed by atoms with E-state index < -0.39 is 32.2 Å². The maximum absolute atomic E-state index is 13.7. The second-order valence-corrected chi connectivity index (χ2v) is 6.59. The van der Waals surface area contributed by atoms with E-state index in [2.05, 4.69) is 0 Å². The fourth-order valence-electron chi connectivity index (χ4n) is 1.78.